The number of pyridine rings is 1. The molecule has 4 rings (SSSR count). The molecule has 0 spiro atoms. The number of ether oxygens (including phenoxy) is 2. The van der Waals surface area contributed by atoms with Crippen LogP contribution in [0.2, 0.25) is 0 Å². The largest absolute Gasteiger partial charge is 0.465 e. The Kier molecular flexibility index (Phi) is 5.99. The van der Waals surface area contributed by atoms with Crippen molar-refractivity contribution < 1.29 is 14.3 Å². The van der Waals surface area contributed by atoms with Gasteiger partial charge >= 0.3 is 5.97 Å². The smallest absolute Gasteiger partial charge is 0.341 e. The van der Waals surface area contributed by atoms with Gasteiger partial charge in [-0.15, -0.1) is 0 Å². The first-order valence-corrected chi connectivity index (χ1v) is 10.9. The van der Waals surface area contributed by atoms with Crippen LogP contribution in [0.15, 0.2) is 42.5 Å². The molecular weight excluding hydrogens is 404 g/mol. The van der Waals surface area contributed by atoms with Crippen LogP contribution in [0.4, 0.5) is 5.82 Å². The highest BCUT2D eigenvalue weighted by Crippen LogP contribution is 2.33. The van der Waals surface area contributed by atoms with Crippen LogP contribution in [0.5, 0.6) is 11.5 Å². The summed E-state index contributed by atoms with van der Waals surface area (Å²) in [5, 5.41) is 0.971. The van der Waals surface area contributed by atoms with Gasteiger partial charge in [-0.1, -0.05) is 32.9 Å². The molecule has 0 aliphatic carbocycles. The fraction of sp³-hybridized carbons (Fsp3) is 0.320. The number of aromatic nitrogens is 3. The minimum atomic E-state index is -0.452. The first-order chi connectivity index (χ1) is 15.4. The average Bonchev–Trinajstić information content (AvgIpc) is 3.12. The predicted octanol–water partition coefficient (Wildman–Crippen LogP) is 5.35. The van der Waals surface area contributed by atoms with E-state index >= 15 is 0 Å². The number of carbonyl (C=O) groups is 1. The van der Waals surface area contributed by atoms with Gasteiger partial charge in [0, 0.05) is 24.4 Å². The minimum absolute atomic E-state index is 0.359. The highest BCUT2D eigenvalue weighted by molar-refractivity contribution is 6.07. The van der Waals surface area contributed by atoms with Crippen LogP contribution in [0.25, 0.3) is 21.9 Å². The molecular formula is C25H28N4O3. The van der Waals surface area contributed by atoms with Crippen LogP contribution >= 0.6 is 0 Å². The third kappa shape index (κ3) is 3.98. The minimum Gasteiger partial charge on any atom is -0.465 e. The summed E-state index contributed by atoms with van der Waals surface area (Å²) in [7, 11) is 1.35. The average molecular weight is 433 g/mol. The van der Waals surface area contributed by atoms with Crippen molar-refractivity contribution in [2.45, 2.75) is 40.2 Å². The molecule has 4 aromatic rings. The molecule has 32 heavy (non-hydrogen) atoms. The van der Waals surface area contributed by atoms with Crippen LogP contribution in [-0.4, -0.2) is 27.6 Å². The highest BCUT2D eigenvalue weighted by atomic mass is 16.5. The SMILES string of the molecule is CCCc1nc2c(N)nc3cc(Oc4ccccc4C(=O)OC)ccc3c2n1CC(C)C. The van der Waals surface area contributed by atoms with Crippen LogP contribution in [0, 0.1) is 5.92 Å². The van der Waals surface area contributed by atoms with Gasteiger partial charge in [0.15, 0.2) is 5.82 Å². The third-order valence-electron chi connectivity index (χ3n) is 5.30. The maximum Gasteiger partial charge on any atom is 0.341 e. The Morgan fingerprint density at radius 3 is 2.66 bits per heavy atom. The van der Waals surface area contributed by atoms with E-state index in [2.05, 4.69) is 30.3 Å². The number of para-hydroxylation sites is 1. The van der Waals surface area contributed by atoms with E-state index in [1.807, 2.05) is 24.3 Å². The van der Waals surface area contributed by atoms with Gasteiger partial charge in [-0.05, 0) is 36.6 Å². The number of benzene rings is 2. The molecule has 0 saturated carbocycles. The number of imidazole rings is 1. The van der Waals surface area contributed by atoms with E-state index in [1.54, 1.807) is 18.2 Å². The molecule has 2 aromatic heterocycles. The Bertz CT molecular complexity index is 1290. The van der Waals surface area contributed by atoms with Crippen LogP contribution in [0.1, 0.15) is 43.4 Å². The Hall–Kier alpha value is -3.61. The first kappa shape index (κ1) is 21.6. The van der Waals surface area contributed by atoms with E-state index in [9.17, 15) is 4.79 Å². The van der Waals surface area contributed by atoms with Crippen LogP contribution in [-0.2, 0) is 17.7 Å². The number of anilines is 1. The lowest BCUT2D eigenvalue weighted by atomic mass is 10.1. The van der Waals surface area contributed by atoms with Crippen molar-refractivity contribution in [3.63, 3.8) is 0 Å². The number of hydrogen-bond donors (Lipinski definition) is 1. The molecule has 7 nitrogen and oxygen atoms in total. The zero-order chi connectivity index (χ0) is 22.8. The third-order valence-corrected chi connectivity index (χ3v) is 5.30. The molecule has 0 atom stereocenters. The molecule has 0 radical (unpaired) electrons. The first-order valence-electron chi connectivity index (χ1n) is 10.9. The van der Waals surface area contributed by atoms with E-state index in [0.717, 1.165) is 47.1 Å². The number of methoxy groups -OCH3 is 1. The Morgan fingerprint density at radius 2 is 1.94 bits per heavy atom. The molecule has 0 bridgehead atoms. The number of esters is 1. The topological polar surface area (TPSA) is 92.3 Å². The molecule has 2 N–H and O–H groups in total. The summed E-state index contributed by atoms with van der Waals surface area (Å²) in [6, 6.07) is 12.7. The van der Waals surface area contributed by atoms with Crippen molar-refractivity contribution in [2.24, 2.45) is 5.92 Å². The van der Waals surface area contributed by atoms with E-state index in [-0.39, 0.29) is 0 Å². The molecule has 0 unspecified atom stereocenters. The quantitative estimate of drug-likeness (QED) is 0.396. The molecule has 0 saturated heterocycles. The summed E-state index contributed by atoms with van der Waals surface area (Å²) in [4.78, 5) is 21.5. The summed E-state index contributed by atoms with van der Waals surface area (Å²) >= 11 is 0. The number of nitrogens with two attached hydrogens (primary N) is 1. The second-order valence-electron chi connectivity index (χ2n) is 8.25. The van der Waals surface area contributed by atoms with E-state index in [1.165, 1.54) is 7.11 Å². The predicted molar refractivity (Wildman–Crippen MR) is 126 cm³/mol. The van der Waals surface area contributed by atoms with Gasteiger partial charge in [-0.3, -0.25) is 0 Å². The Morgan fingerprint density at radius 1 is 1.16 bits per heavy atom. The standard InChI is InChI=1S/C25H28N4O3/c1-5-8-21-28-22-23(29(21)14-15(2)3)17-12-11-16(13-19(17)27-24(22)26)32-20-10-7-6-9-18(20)25(30)31-4/h6-7,9-13,15H,5,8,14H2,1-4H3,(H2,26,27). The van der Waals surface area contributed by atoms with Gasteiger partial charge in [0.05, 0.1) is 18.1 Å². The molecule has 7 heteroatoms. The number of hydrogen-bond acceptors (Lipinski definition) is 6. The number of fused-ring (bicyclic) bond motifs is 3. The van der Waals surface area contributed by atoms with E-state index in [0.29, 0.717) is 28.8 Å². The molecule has 2 heterocycles. The normalized spacial score (nSPS) is 11.4. The number of nitrogen functional groups attached to an aromatic ring is 1. The Labute approximate surface area is 187 Å². The summed E-state index contributed by atoms with van der Waals surface area (Å²) < 4.78 is 13.2. The molecule has 2 aromatic carbocycles. The number of rotatable bonds is 7. The highest BCUT2D eigenvalue weighted by Gasteiger charge is 2.19. The summed E-state index contributed by atoms with van der Waals surface area (Å²) in [6.07, 6.45) is 1.89. The van der Waals surface area contributed by atoms with Crippen molar-refractivity contribution in [1.82, 2.24) is 14.5 Å². The maximum absolute atomic E-state index is 12.1. The van der Waals surface area contributed by atoms with E-state index in [4.69, 9.17) is 20.2 Å². The van der Waals surface area contributed by atoms with Gasteiger partial charge in [0.25, 0.3) is 0 Å². The molecule has 0 aliphatic rings. The Balaban J connectivity index is 1.84. The molecule has 0 fully saturated rings. The van der Waals surface area contributed by atoms with Crippen LogP contribution < -0.4 is 10.5 Å². The lowest BCUT2D eigenvalue weighted by Crippen LogP contribution is -2.09. The fourth-order valence-corrected chi connectivity index (χ4v) is 3.94. The second kappa shape index (κ2) is 8.86. The maximum atomic E-state index is 12.1. The van der Waals surface area contributed by atoms with Crippen molar-refractivity contribution in [3.8, 4) is 11.5 Å². The van der Waals surface area contributed by atoms with Gasteiger partial charge in [0.2, 0.25) is 0 Å². The number of carbonyl (C=O) groups excluding carboxylic acids is 1. The van der Waals surface area contributed by atoms with Gasteiger partial charge in [-0.25, -0.2) is 14.8 Å². The van der Waals surface area contributed by atoms with Crippen molar-refractivity contribution >= 4 is 33.7 Å². The van der Waals surface area contributed by atoms with Crippen molar-refractivity contribution in [1.29, 1.82) is 0 Å². The number of nitrogens with zero attached hydrogens (tertiary/aromatic N) is 3. The van der Waals surface area contributed by atoms with Crippen LogP contribution in [0.3, 0.4) is 0 Å². The fourth-order valence-electron chi connectivity index (χ4n) is 3.94. The summed E-state index contributed by atoms with van der Waals surface area (Å²) in [6.45, 7) is 7.39. The summed E-state index contributed by atoms with van der Waals surface area (Å²) in [5.74, 6) is 2.42. The summed E-state index contributed by atoms with van der Waals surface area (Å²) in [5.41, 5.74) is 9.15. The van der Waals surface area contributed by atoms with Gasteiger partial charge in [-0.2, -0.15) is 0 Å². The lowest BCUT2D eigenvalue weighted by Gasteiger charge is -2.14. The zero-order valence-electron chi connectivity index (χ0n) is 18.9. The number of aryl methyl sites for hydroxylation is 1. The van der Waals surface area contributed by atoms with Crippen molar-refractivity contribution in [2.75, 3.05) is 12.8 Å². The molecule has 166 valence electrons. The van der Waals surface area contributed by atoms with Gasteiger partial charge < -0.3 is 19.8 Å². The molecule has 0 aliphatic heterocycles. The zero-order valence-corrected chi connectivity index (χ0v) is 18.9. The molecule has 0 amide bonds. The second-order valence-corrected chi connectivity index (χ2v) is 8.25. The lowest BCUT2D eigenvalue weighted by molar-refractivity contribution is 0.0598. The van der Waals surface area contributed by atoms with Crippen molar-refractivity contribution in [3.05, 3.63) is 53.9 Å². The van der Waals surface area contributed by atoms with E-state index < -0.39 is 5.97 Å². The van der Waals surface area contributed by atoms with Gasteiger partial charge in [0.1, 0.15) is 28.4 Å². The monoisotopic (exact) mass is 432 g/mol.